The molecule has 1 amide bonds. The molecule has 176 valence electrons. The van der Waals surface area contributed by atoms with Crippen LogP contribution in [0.15, 0.2) is 80.5 Å². The van der Waals surface area contributed by atoms with E-state index >= 15 is 0 Å². The number of amides is 1. The lowest BCUT2D eigenvalue weighted by atomic mass is 9.97. The Balaban J connectivity index is 1.70. The fraction of sp³-hybridized carbons (Fsp3) is 0.269. The molecule has 0 spiro atoms. The maximum absolute atomic E-state index is 13.3. The summed E-state index contributed by atoms with van der Waals surface area (Å²) < 4.78 is 6.55. The molecule has 0 aliphatic heterocycles. The zero-order valence-electron chi connectivity index (χ0n) is 18.9. The predicted octanol–water partition coefficient (Wildman–Crippen LogP) is 3.70. The second-order valence-electron chi connectivity index (χ2n) is 8.26. The molecule has 4 rings (SSSR count). The number of carbonyl (C=O) groups is 1. The van der Waals surface area contributed by atoms with E-state index in [0.29, 0.717) is 12.2 Å². The van der Waals surface area contributed by atoms with Crippen molar-refractivity contribution in [2.75, 3.05) is 17.2 Å². The van der Waals surface area contributed by atoms with Gasteiger partial charge in [0.05, 0.1) is 12.8 Å². The number of nitrogens with zero attached hydrogens (tertiary/aromatic N) is 2. The molecule has 0 unspecified atom stereocenters. The molecule has 0 atom stereocenters. The van der Waals surface area contributed by atoms with Crippen LogP contribution in [0.5, 0.6) is 0 Å². The number of rotatable bonds is 8. The number of hydrogen-bond acceptors (Lipinski definition) is 5. The van der Waals surface area contributed by atoms with E-state index in [2.05, 4.69) is 11.1 Å². The molecule has 2 heterocycles. The highest BCUT2D eigenvalue weighted by Gasteiger charge is 2.23. The predicted molar refractivity (Wildman–Crippen MR) is 133 cm³/mol. The highest BCUT2D eigenvalue weighted by atomic mass is 16.3. The Morgan fingerprint density at radius 3 is 2.68 bits per heavy atom. The van der Waals surface area contributed by atoms with Crippen LogP contribution in [0, 0.1) is 0 Å². The molecule has 0 bridgehead atoms. The van der Waals surface area contributed by atoms with Gasteiger partial charge >= 0.3 is 5.69 Å². The van der Waals surface area contributed by atoms with Gasteiger partial charge in [-0.1, -0.05) is 42.0 Å². The summed E-state index contributed by atoms with van der Waals surface area (Å²) in [6, 6.07) is 12.8. The Bertz CT molecular complexity index is 1300. The van der Waals surface area contributed by atoms with E-state index < -0.39 is 17.2 Å². The lowest BCUT2D eigenvalue weighted by Gasteiger charge is -2.24. The zero-order chi connectivity index (χ0) is 23.9. The molecule has 3 aromatic rings. The van der Waals surface area contributed by atoms with E-state index in [0.717, 1.165) is 31.2 Å². The van der Waals surface area contributed by atoms with Crippen LogP contribution in [0.25, 0.3) is 6.08 Å². The third-order valence-corrected chi connectivity index (χ3v) is 5.91. The Morgan fingerprint density at radius 1 is 1.15 bits per heavy atom. The molecule has 0 saturated heterocycles. The van der Waals surface area contributed by atoms with Crippen molar-refractivity contribution in [3.63, 3.8) is 0 Å². The maximum atomic E-state index is 13.3. The number of nitrogens with two attached hydrogens (primary N) is 1. The topological polar surface area (TPSA) is 114 Å². The minimum Gasteiger partial charge on any atom is -0.465 e. The van der Waals surface area contributed by atoms with Gasteiger partial charge in [-0.25, -0.2) is 4.79 Å². The van der Waals surface area contributed by atoms with E-state index in [4.69, 9.17) is 10.2 Å². The molecule has 0 fully saturated rings. The standard InChI is InChI=1S/C26H28N4O4/c27-24-23(25(32)28-26(33)30(24)18-20-10-5-2-6-11-20)29(16-15-19-8-3-1-4-9-19)22(31)14-13-21-12-7-17-34-21/h2,5-8,10-14,17H,1,3-4,9,15-16,18,27H2,(H,28,32,33)/b14-13+. The summed E-state index contributed by atoms with van der Waals surface area (Å²) in [6.45, 7) is 0.439. The summed E-state index contributed by atoms with van der Waals surface area (Å²) in [5.74, 6) is 0.0455. The second-order valence-corrected chi connectivity index (χ2v) is 8.26. The van der Waals surface area contributed by atoms with Crippen LogP contribution < -0.4 is 21.9 Å². The number of aromatic nitrogens is 2. The minimum absolute atomic E-state index is 0.0268. The van der Waals surface area contributed by atoms with E-state index in [-0.39, 0.29) is 24.6 Å². The van der Waals surface area contributed by atoms with E-state index in [1.54, 1.807) is 18.2 Å². The first-order valence-electron chi connectivity index (χ1n) is 11.4. The van der Waals surface area contributed by atoms with Crippen molar-refractivity contribution in [1.82, 2.24) is 9.55 Å². The summed E-state index contributed by atoms with van der Waals surface area (Å²) in [4.78, 5) is 42.4. The average molecular weight is 461 g/mol. The van der Waals surface area contributed by atoms with Crippen molar-refractivity contribution < 1.29 is 9.21 Å². The summed E-state index contributed by atoms with van der Waals surface area (Å²) in [6.07, 6.45) is 11.5. The maximum Gasteiger partial charge on any atom is 0.330 e. The number of nitrogen functional groups attached to an aromatic ring is 1. The van der Waals surface area contributed by atoms with Crippen LogP contribution in [0.3, 0.4) is 0 Å². The van der Waals surface area contributed by atoms with Crippen LogP contribution in [-0.4, -0.2) is 22.0 Å². The fourth-order valence-corrected chi connectivity index (χ4v) is 4.11. The fourth-order valence-electron chi connectivity index (χ4n) is 4.11. The van der Waals surface area contributed by atoms with Gasteiger partial charge in [0.15, 0.2) is 5.69 Å². The quantitative estimate of drug-likeness (QED) is 0.393. The van der Waals surface area contributed by atoms with Crippen molar-refractivity contribution in [2.24, 2.45) is 0 Å². The van der Waals surface area contributed by atoms with Gasteiger partial charge in [-0.3, -0.25) is 19.1 Å². The molecule has 8 nitrogen and oxygen atoms in total. The average Bonchev–Trinajstić information content (AvgIpc) is 3.37. The number of benzene rings is 1. The Kier molecular flexibility index (Phi) is 7.27. The van der Waals surface area contributed by atoms with Gasteiger partial charge in [0.25, 0.3) is 11.5 Å². The van der Waals surface area contributed by atoms with Crippen LogP contribution >= 0.6 is 0 Å². The highest BCUT2D eigenvalue weighted by Crippen LogP contribution is 2.24. The summed E-state index contributed by atoms with van der Waals surface area (Å²) >= 11 is 0. The molecule has 8 heteroatoms. The molecule has 1 aliphatic carbocycles. The molecular weight excluding hydrogens is 432 g/mol. The number of aromatic amines is 1. The first-order valence-corrected chi connectivity index (χ1v) is 11.4. The van der Waals surface area contributed by atoms with Crippen molar-refractivity contribution in [3.8, 4) is 0 Å². The Morgan fingerprint density at radius 2 is 1.97 bits per heavy atom. The monoisotopic (exact) mass is 460 g/mol. The van der Waals surface area contributed by atoms with Gasteiger partial charge in [-0.05, 0) is 55.9 Å². The first-order chi connectivity index (χ1) is 16.5. The molecule has 0 saturated carbocycles. The zero-order valence-corrected chi connectivity index (χ0v) is 18.9. The number of nitrogens with one attached hydrogen (secondary N) is 1. The number of furan rings is 1. The Hall–Kier alpha value is -4.07. The van der Waals surface area contributed by atoms with Gasteiger partial charge in [0, 0.05) is 12.6 Å². The number of H-pyrrole nitrogens is 1. The van der Waals surface area contributed by atoms with Crippen LogP contribution in [0.4, 0.5) is 11.5 Å². The molecule has 1 aliphatic rings. The lowest BCUT2D eigenvalue weighted by Crippen LogP contribution is -2.41. The van der Waals surface area contributed by atoms with Gasteiger partial charge in [0.2, 0.25) is 0 Å². The van der Waals surface area contributed by atoms with Crippen molar-refractivity contribution in [1.29, 1.82) is 0 Å². The molecular formula is C26H28N4O4. The van der Waals surface area contributed by atoms with Crippen LogP contribution in [0.1, 0.15) is 43.4 Å². The smallest absolute Gasteiger partial charge is 0.330 e. The van der Waals surface area contributed by atoms with Crippen LogP contribution in [0.2, 0.25) is 0 Å². The van der Waals surface area contributed by atoms with Gasteiger partial charge < -0.3 is 15.1 Å². The van der Waals surface area contributed by atoms with Gasteiger partial charge in [-0.15, -0.1) is 0 Å². The third kappa shape index (κ3) is 5.46. The van der Waals surface area contributed by atoms with Crippen molar-refractivity contribution in [2.45, 2.75) is 38.6 Å². The number of hydrogen-bond donors (Lipinski definition) is 2. The summed E-state index contributed by atoms with van der Waals surface area (Å²) in [5, 5.41) is 0. The number of allylic oxidation sites excluding steroid dienone is 1. The molecule has 1 aromatic carbocycles. The lowest BCUT2D eigenvalue weighted by molar-refractivity contribution is -0.114. The molecule has 3 N–H and O–H groups in total. The van der Waals surface area contributed by atoms with Gasteiger partial charge in [0.1, 0.15) is 11.6 Å². The number of carbonyl (C=O) groups excluding carboxylic acids is 1. The van der Waals surface area contributed by atoms with Crippen LogP contribution in [-0.2, 0) is 11.3 Å². The molecule has 0 radical (unpaired) electrons. The summed E-state index contributed by atoms with van der Waals surface area (Å²) in [7, 11) is 0. The first kappa shape index (κ1) is 23.1. The summed E-state index contributed by atoms with van der Waals surface area (Å²) in [5.41, 5.74) is 7.12. The SMILES string of the molecule is Nc1c(N(CCC2=CCCCC2)C(=O)/C=C/c2ccco2)c(=O)[nH]c(=O)n1Cc1ccccc1. The van der Waals surface area contributed by atoms with E-state index in [9.17, 15) is 14.4 Å². The minimum atomic E-state index is -0.691. The molecule has 34 heavy (non-hydrogen) atoms. The second kappa shape index (κ2) is 10.7. The van der Waals surface area contributed by atoms with E-state index in [1.165, 1.54) is 27.4 Å². The number of anilines is 2. The van der Waals surface area contributed by atoms with Gasteiger partial charge in [-0.2, -0.15) is 0 Å². The third-order valence-electron chi connectivity index (χ3n) is 5.91. The largest absolute Gasteiger partial charge is 0.465 e. The van der Waals surface area contributed by atoms with E-state index in [1.807, 2.05) is 30.3 Å². The normalized spacial score (nSPS) is 13.7. The van der Waals surface area contributed by atoms with Crippen molar-refractivity contribution >= 4 is 23.5 Å². The highest BCUT2D eigenvalue weighted by molar-refractivity contribution is 6.05. The van der Waals surface area contributed by atoms with Crippen molar-refractivity contribution in [3.05, 3.63) is 98.6 Å². The molecule has 2 aromatic heterocycles. The Labute approximate surface area is 197 Å².